The molecule has 1 aliphatic heterocycles. The number of halogens is 1. The molecule has 1 fully saturated rings. The molecule has 1 N–H and O–H groups in total. The van der Waals surface area contributed by atoms with Crippen molar-refractivity contribution in [1.82, 2.24) is 9.97 Å². The van der Waals surface area contributed by atoms with Crippen molar-refractivity contribution in [3.8, 4) is 5.75 Å². The Morgan fingerprint density at radius 2 is 2.12 bits per heavy atom. The molecule has 0 spiro atoms. The van der Waals surface area contributed by atoms with E-state index in [9.17, 15) is 0 Å². The monoisotopic (exact) mass is 346 g/mol. The number of nitrogens with zero attached hydrogens (tertiary/aromatic N) is 3. The number of rotatable bonds is 4. The van der Waals surface area contributed by atoms with E-state index < -0.39 is 0 Å². The number of anilines is 3. The van der Waals surface area contributed by atoms with Crippen LogP contribution in [0.5, 0.6) is 5.75 Å². The minimum Gasteiger partial charge on any atom is -0.495 e. The minimum absolute atomic E-state index is 0.568. The van der Waals surface area contributed by atoms with Gasteiger partial charge in [0.15, 0.2) is 0 Å². The second-order valence-corrected chi connectivity index (χ2v) is 6.73. The molecule has 5 nitrogen and oxygen atoms in total. The molecule has 1 aromatic heterocycles. The highest BCUT2D eigenvalue weighted by molar-refractivity contribution is 6.32. The number of ether oxygens (including phenoxy) is 1. The normalized spacial score (nSPS) is 17.7. The largest absolute Gasteiger partial charge is 0.495 e. The molecule has 0 bridgehead atoms. The average Bonchev–Trinajstić information content (AvgIpc) is 2.54. The molecule has 128 valence electrons. The fourth-order valence-corrected chi connectivity index (χ4v) is 3.33. The van der Waals surface area contributed by atoms with Gasteiger partial charge in [0, 0.05) is 24.8 Å². The van der Waals surface area contributed by atoms with Gasteiger partial charge in [-0.15, -0.1) is 0 Å². The van der Waals surface area contributed by atoms with Gasteiger partial charge in [0.05, 0.1) is 12.1 Å². The molecular formula is C18H23ClN4O. The molecule has 0 saturated carbocycles. The number of hydrogen-bond donors (Lipinski definition) is 1. The van der Waals surface area contributed by atoms with E-state index in [1.807, 2.05) is 31.2 Å². The topological polar surface area (TPSA) is 50.3 Å². The second-order valence-electron chi connectivity index (χ2n) is 6.33. The van der Waals surface area contributed by atoms with Gasteiger partial charge in [0.2, 0.25) is 0 Å². The van der Waals surface area contributed by atoms with Crippen LogP contribution in [-0.4, -0.2) is 30.2 Å². The summed E-state index contributed by atoms with van der Waals surface area (Å²) >= 11 is 6.19. The lowest BCUT2D eigenvalue weighted by atomic mass is 10.0. The molecule has 1 atom stereocenters. The van der Waals surface area contributed by atoms with E-state index in [0.717, 1.165) is 36.2 Å². The molecule has 1 aromatic carbocycles. The molecule has 0 radical (unpaired) electrons. The van der Waals surface area contributed by atoms with Crippen LogP contribution in [0.25, 0.3) is 0 Å². The maximum atomic E-state index is 6.19. The minimum atomic E-state index is 0.568. The Morgan fingerprint density at radius 1 is 1.29 bits per heavy atom. The van der Waals surface area contributed by atoms with Crippen molar-refractivity contribution in [2.75, 3.05) is 30.4 Å². The lowest BCUT2D eigenvalue weighted by molar-refractivity contribution is 0.415. The van der Waals surface area contributed by atoms with Crippen LogP contribution >= 0.6 is 11.6 Å². The van der Waals surface area contributed by atoms with Crippen molar-refractivity contribution in [1.29, 1.82) is 0 Å². The number of methoxy groups -OCH3 is 1. The number of benzene rings is 1. The maximum absolute atomic E-state index is 6.19. The van der Waals surface area contributed by atoms with Gasteiger partial charge in [-0.25, -0.2) is 9.97 Å². The van der Waals surface area contributed by atoms with Gasteiger partial charge < -0.3 is 15.0 Å². The number of aromatic nitrogens is 2. The first-order chi connectivity index (χ1) is 11.5. The van der Waals surface area contributed by atoms with E-state index in [2.05, 4.69) is 27.1 Å². The van der Waals surface area contributed by atoms with Gasteiger partial charge >= 0.3 is 0 Å². The molecular weight excluding hydrogens is 324 g/mol. The maximum Gasteiger partial charge on any atom is 0.137 e. The number of nitrogens with one attached hydrogen (secondary N) is 1. The van der Waals surface area contributed by atoms with Gasteiger partial charge in [0.1, 0.15) is 23.2 Å². The first-order valence-corrected chi connectivity index (χ1v) is 8.64. The van der Waals surface area contributed by atoms with Crippen LogP contribution in [0.3, 0.4) is 0 Å². The van der Waals surface area contributed by atoms with E-state index in [-0.39, 0.29) is 0 Å². The van der Waals surface area contributed by atoms with Crippen LogP contribution in [0.2, 0.25) is 5.02 Å². The Kier molecular flexibility index (Phi) is 5.09. The van der Waals surface area contributed by atoms with Crippen molar-refractivity contribution in [3.63, 3.8) is 0 Å². The Morgan fingerprint density at radius 3 is 2.83 bits per heavy atom. The highest BCUT2D eigenvalue weighted by Crippen LogP contribution is 2.29. The Bertz CT molecular complexity index is 722. The molecule has 1 unspecified atom stereocenters. The van der Waals surface area contributed by atoms with Crippen molar-refractivity contribution >= 4 is 28.9 Å². The summed E-state index contributed by atoms with van der Waals surface area (Å²) in [6, 6.07) is 7.60. The van der Waals surface area contributed by atoms with E-state index in [1.165, 1.54) is 12.8 Å². The predicted octanol–water partition coefficient (Wildman–Crippen LogP) is 4.43. The zero-order chi connectivity index (χ0) is 17.1. The van der Waals surface area contributed by atoms with Crippen LogP contribution < -0.4 is 15.0 Å². The second kappa shape index (κ2) is 7.26. The molecule has 6 heteroatoms. The highest BCUT2D eigenvalue weighted by atomic mass is 35.5. The fourth-order valence-electron chi connectivity index (χ4n) is 3.07. The standard InChI is InChI=1S/C18H23ClN4O/c1-12-5-4-8-23(11-12)18-10-17(20-13(2)21-18)22-14-6-7-16(24-3)15(19)9-14/h6-7,9-10,12H,4-5,8,11H2,1-3H3,(H,20,21,22). The van der Waals surface area contributed by atoms with Crippen LogP contribution in [0.4, 0.5) is 17.3 Å². The third-order valence-corrected chi connectivity index (χ3v) is 4.53. The van der Waals surface area contributed by atoms with Crippen molar-refractivity contribution in [3.05, 3.63) is 35.1 Å². The molecule has 2 aromatic rings. The van der Waals surface area contributed by atoms with Gasteiger partial charge in [-0.2, -0.15) is 0 Å². The number of hydrogen-bond acceptors (Lipinski definition) is 5. The predicted molar refractivity (Wildman–Crippen MR) is 98.7 cm³/mol. The quantitative estimate of drug-likeness (QED) is 0.887. The first-order valence-electron chi connectivity index (χ1n) is 8.26. The molecule has 0 amide bonds. The molecule has 2 heterocycles. The zero-order valence-corrected chi connectivity index (χ0v) is 15.1. The third kappa shape index (κ3) is 3.90. The van der Waals surface area contributed by atoms with Crippen LogP contribution in [0, 0.1) is 12.8 Å². The lowest BCUT2D eigenvalue weighted by Crippen LogP contribution is -2.35. The molecule has 3 rings (SSSR count). The molecule has 0 aliphatic carbocycles. The average molecular weight is 347 g/mol. The van der Waals surface area contributed by atoms with Gasteiger partial charge in [0.25, 0.3) is 0 Å². The summed E-state index contributed by atoms with van der Waals surface area (Å²) < 4.78 is 5.19. The molecule has 1 aliphatic rings. The Hall–Kier alpha value is -2.01. The van der Waals surface area contributed by atoms with Crippen LogP contribution in [0.1, 0.15) is 25.6 Å². The summed E-state index contributed by atoms with van der Waals surface area (Å²) in [6.45, 7) is 6.31. The Labute approximate surface area is 148 Å². The SMILES string of the molecule is COc1ccc(Nc2cc(N3CCCC(C)C3)nc(C)n2)cc1Cl. The summed E-state index contributed by atoms with van der Waals surface area (Å²) in [5, 5.41) is 3.88. The number of aryl methyl sites for hydroxylation is 1. The first kappa shape index (κ1) is 16.8. The zero-order valence-electron chi connectivity index (χ0n) is 14.3. The fraction of sp³-hybridized carbons (Fsp3) is 0.444. The van der Waals surface area contributed by atoms with Crippen molar-refractivity contribution < 1.29 is 4.74 Å². The van der Waals surface area contributed by atoms with E-state index in [4.69, 9.17) is 16.3 Å². The van der Waals surface area contributed by atoms with Crippen LogP contribution in [0.15, 0.2) is 24.3 Å². The summed E-state index contributed by atoms with van der Waals surface area (Å²) in [5.41, 5.74) is 0.872. The summed E-state index contributed by atoms with van der Waals surface area (Å²) in [5.74, 6) is 3.87. The summed E-state index contributed by atoms with van der Waals surface area (Å²) in [7, 11) is 1.61. The van der Waals surface area contributed by atoms with Crippen molar-refractivity contribution in [2.24, 2.45) is 5.92 Å². The van der Waals surface area contributed by atoms with Crippen molar-refractivity contribution in [2.45, 2.75) is 26.7 Å². The Balaban J connectivity index is 1.82. The smallest absolute Gasteiger partial charge is 0.137 e. The van der Waals surface area contributed by atoms with E-state index >= 15 is 0 Å². The van der Waals surface area contributed by atoms with Gasteiger partial charge in [-0.3, -0.25) is 0 Å². The summed E-state index contributed by atoms with van der Waals surface area (Å²) in [4.78, 5) is 11.4. The lowest BCUT2D eigenvalue weighted by Gasteiger charge is -2.32. The highest BCUT2D eigenvalue weighted by Gasteiger charge is 2.18. The molecule has 24 heavy (non-hydrogen) atoms. The molecule has 1 saturated heterocycles. The van der Waals surface area contributed by atoms with Gasteiger partial charge in [-0.1, -0.05) is 18.5 Å². The van der Waals surface area contributed by atoms with Crippen LogP contribution in [-0.2, 0) is 0 Å². The van der Waals surface area contributed by atoms with E-state index in [0.29, 0.717) is 16.7 Å². The summed E-state index contributed by atoms with van der Waals surface area (Å²) in [6.07, 6.45) is 2.50. The number of piperidine rings is 1. The van der Waals surface area contributed by atoms with E-state index in [1.54, 1.807) is 7.11 Å². The third-order valence-electron chi connectivity index (χ3n) is 4.23. The van der Waals surface area contributed by atoms with Gasteiger partial charge in [-0.05, 0) is 43.9 Å².